The maximum Gasteiger partial charge on any atom is 0.407 e. The molecule has 0 aliphatic carbocycles. The van der Waals surface area contributed by atoms with Gasteiger partial charge in [-0.15, -0.1) is 0 Å². The Morgan fingerprint density at radius 2 is 2.05 bits per heavy atom. The van der Waals surface area contributed by atoms with Gasteiger partial charge in [0.25, 0.3) is 0 Å². The molecule has 0 bridgehead atoms. The Labute approximate surface area is 122 Å². The molecular weight excluding hydrogens is 279 g/mol. The Morgan fingerprint density at radius 1 is 1.43 bits per heavy atom. The van der Waals surface area contributed by atoms with Gasteiger partial charge in [-0.1, -0.05) is 0 Å². The lowest BCUT2D eigenvalue weighted by Gasteiger charge is -2.21. The number of carbonyl (C=O) groups excluding carboxylic acids is 1. The van der Waals surface area contributed by atoms with Crippen LogP contribution in [0.5, 0.6) is 0 Å². The monoisotopic (exact) mass is 298 g/mol. The molecule has 0 aromatic heterocycles. The van der Waals surface area contributed by atoms with Crippen LogP contribution < -0.4 is 11.1 Å². The van der Waals surface area contributed by atoms with Crippen LogP contribution in [0.25, 0.3) is 0 Å². The molecule has 6 nitrogen and oxygen atoms in total. The molecule has 0 aliphatic heterocycles. The van der Waals surface area contributed by atoms with Gasteiger partial charge in [-0.3, -0.25) is 0 Å². The second-order valence-electron chi connectivity index (χ2n) is 5.53. The van der Waals surface area contributed by atoms with Gasteiger partial charge in [-0.05, 0) is 39.0 Å². The molecule has 1 atom stereocenters. The van der Waals surface area contributed by atoms with Crippen molar-refractivity contribution in [2.45, 2.75) is 32.4 Å². The van der Waals surface area contributed by atoms with E-state index in [1.54, 1.807) is 20.8 Å². The highest BCUT2D eigenvalue weighted by atomic mass is 19.1. The van der Waals surface area contributed by atoms with Gasteiger partial charge < -0.3 is 20.9 Å². The van der Waals surface area contributed by atoms with Crippen LogP contribution in [-0.2, 0) is 4.74 Å². The van der Waals surface area contributed by atoms with Crippen molar-refractivity contribution in [1.29, 1.82) is 0 Å². The molecule has 7 heteroatoms. The normalized spacial score (nSPS) is 12.6. The van der Waals surface area contributed by atoms with E-state index in [-0.39, 0.29) is 17.7 Å². The number of aromatic carboxylic acids is 1. The zero-order valence-electron chi connectivity index (χ0n) is 12.1. The SMILES string of the molecule is CC(C)(C)OC(=O)NCC(N)c1cc(C(=O)O)ccc1F. The number of rotatable bonds is 4. The Bertz CT molecular complexity index is 540. The number of benzene rings is 1. The smallest absolute Gasteiger partial charge is 0.407 e. The van der Waals surface area contributed by atoms with E-state index >= 15 is 0 Å². The molecule has 1 aromatic carbocycles. The number of nitrogens with one attached hydrogen (secondary N) is 1. The zero-order chi connectivity index (χ0) is 16.2. The molecule has 0 aliphatic rings. The Hall–Kier alpha value is -2.15. The number of carboxylic acids is 1. The molecule has 4 N–H and O–H groups in total. The van der Waals surface area contributed by atoms with E-state index in [0.29, 0.717) is 0 Å². The lowest BCUT2D eigenvalue weighted by Crippen LogP contribution is -2.36. The van der Waals surface area contributed by atoms with Crippen LogP contribution in [0.1, 0.15) is 42.7 Å². The topological polar surface area (TPSA) is 102 Å². The van der Waals surface area contributed by atoms with Crippen molar-refractivity contribution in [3.8, 4) is 0 Å². The summed E-state index contributed by atoms with van der Waals surface area (Å²) < 4.78 is 18.7. The molecule has 0 spiro atoms. The molecule has 1 rings (SSSR count). The summed E-state index contributed by atoms with van der Waals surface area (Å²) >= 11 is 0. The van der Waals surface area contributed by atoms with Gasteiger partial charge in [0.05, 0.1) is 11.6 Å². The molecular formula is C14H19FN2O4. The standard InChI is InChI=1S/C14H19FN2O4/c1-14(2,3)21-13(20)17-7-11(16)9-6-8(12(18)19)4-5-10(9)15/h4-6,11H,7,16H2,1-3H3,(H,17,20)(H,18,19). The maximum absolute atomic E-state index is 13.7. The molecule has 0 radical (unpaired) electrons. The number of ether oxygens (including phenoxy) is 1. The quantitative estimate of drug-likeness (QED) is 0.789. The fourth-order valence-corrected chi connectivity index (χ4v) is 1.58. The Morgan fingerprint density at radius 3 is 2.57 bits per heavy atom. The summed E-state index contributed by atoms with van der Waals surface area (Å²) in [4.78, 5) is 22.3. The van der Waals surface area contributed by atoms with E-state index < -0.39 is 29.5 Å². The van der Waals surface area contributed by atoms with Gasteiger partial charge in [0, 0.05) is 12.1 Å². The van der Waals surface area contributed by atoms with E-state index in [9.17, 15) is 14.0 Å². The zero-order valence-corrected chi connectivity index (χ0v) is 12.1. The van der Waals surface area contributed by atoms with Crippen LogP contribution >= 0.6 is 0 Å². The van der Waals surface area contributed by atoms with Crippen LogP contribution in [0.2, 0.25) is 0 Å². The van der Waals surface area contributed by atoms with Gasteiger partial charge in [0.15, 0.2) is 0 Å². The fraction of sp³-hybridized carbons (Fsp3) is 0.429. The van der Waals surface area contributed by atoms with Gasteiger partial charge in [0.2, 0.25) is 0 Å². The predicted molar refractivity (Wildman–Crippen MR) is 74.5 cm³/mol. The first-order valence-corrected chi connectivity index (χ1v) is 6.35. The highest BCUT2D eigenvalue weighted by Gasteiger charge is 2.19. The van der Waals surface area contributed by atoms with Crippen molar-refractivity contribution < 1.29 is 23.8 Å². The van der Waals surface area contributed by atoms with E-state index in [1.807, 2.05) is 0 Å². The lowest BCUT2D eigenvalue weighted by molar-refractivity contribution is 0.0523. The molecule has 0 saturated heterocycles. The number of carbonyl (C=O) groups is 2. The summed E-state index contributed by atoms with van der Waals surface area (Å²) in [5.74, 6) is -1.80. The number of alkyl carbamates (subject to hydrolysis) is 1. The van der Waals surface area contributed by atoms with E-state index in [0.717, 1.165) is 18.2 Å². The summed E-state index contributed by atoms with van der Waals surface area (Å²) in [5, 5.41) is 11.3. The summed E-state index contributed by atoms with van der Waals surface area (Å²) in [6.45, 7) is 5.06. The van der Waals surface area contributed by atoms with Gasteiger partial charge in [0.1, 0.15) is 11.4 Å². The molecule has 21 heavy (non-hydrogen) atoms. The van der Waals surface area contributed by atoms with Gasteiger partial charge >= 0.3 is 12.1 Å². The first kappa shape index (κ1) is 16.9. The van der Waals surface area contributed by atoms with Crippen LogP contribution in [0.3, 0.4) is 0 Å². The third-order valence-electron chi connectivity index (χ3n) is 2.51. The van der Waals surface area contributed by atoms with Crippen LogP contribution in [-0.4, -0.2) is 29.3 Å². The number of hydrogen-bond donors (Lipinski definition) is 3. The second kappa shape index (κ2) is 6.53. The molecule has 0 heterocycles. The molecule has 0 saturated carbocycles. The lowest BCUT2D eigenvalue weighted by atomic mass is 10.0. The summed E-state index contributed by atoms with van der Waals surface area (Å²) in [6, 6.07) is 2.46. The van der Waals surface area contributed by atoms with Gasteiger partial charge in [-0.25, -0.2) is 14.0 Å². The van der Waals surface area contributed by atoms with Crippen molar-refractivity contribution in [2.75, 3.05) is 6.54 Å². The summed E-state index contributed by atoms with van der Waals surface area (Å²) in [5.41, 5.74) is 5.07. The van der Waals surface area contributed by atoms with Crippen LogP contribution in [0, 0.1) is 5.82 Å². The van der Waals surface area contributed by atoms with Crippen LogP contribution in [0.15, 0.2) is 18.2 Å². The van der Waals surface area contributed by atoms with Crippen molar-refractivity contribution in [3.63, 3.8) is 0 Å². The van der Waals surface area contributed by atoms with Crippen molar-refractivity contribution >= 4 is 12.1 Å². The fourth-order valence-electron chi connectivity index (χ4n) is 1.58. The van der Waals surface area contributed by atoms with Crippen molar-refractivity contribution in [2.24, 2.45) is 5.73 Å². The predicted octanol–water partition coefficient (Wildman–Crippen LogP) is 2.05. The molecule has 1 amide bonds. The highest BCUT2D eigenvalue weighted by molar-refractivity contribution is 5.87. The first-order valence-electron chi connectivity index (χ1n) is 6.35. The third-order valence-corrected chi connectivity index (χ3v) is 2.51. The van der Waals surface area contributed by atoms with Crippen LogP contribution in [0.4, 0.5) is 9.18 Å². The summed E-state index contributed by atoms with van der Waals surface area (Å²) in [7, 11) is 0. The number of amides is 1. The second-order valence-corrected chi connectivity index (χ2v) is 5.53. The third kappa shape index (κ3) is 5.39. The van der Waals surface area contributed by atoms with Gasteiger partial charge in [-0.2, -0.15) is 0 Å². The number of halogens is 1. The Balaban J connectivity index is 2.72. The average molecular weight is 298 g/mol. The number of carboxylic acid groups (broad SMARTS) is 1. The minimum absolute atomic E-state index is 0.0194. The van der Waals surface area contributed by atoms with Crippen molar-refractivity contribution in [3.05, 3.63) is 35.1 Å². The molecule has 1 unspecified atom stereocenters. The minimum atomic E-state index is -1.18. The van der Waals surface area contributed by atoms with E-state index in [2.05, 4.69) is 5.32 Å². The molecule has 1 aromatic rings. The molecule has 0 fully saturated rings. The highest BCUT2D eigenvalue weighted by Crippen LogP contribution is 2.17. The van der Waals surface area contributed by atoms with E-state index in [1.165, 1.54) is 0 Å². The maximum atomic E-state index is 13.7. The largest absolute Gasteiger partial charge is 0.478 e. The molecule has 116 valence electrons. The number of nitrogens with two attached hydrogens (primary N) is 1. The van der Waals surface area contributed by atoms with E-state index in [4.69, 9.17) is 15.6 Å². The van der Waals surface area contributed by atoms with Crippen molar-refractivity contribution in [1.82, 2.24) is 5.32 Å². The minimum Gasteiger partial charge on any atom is -0.478 e. The Kier molecular flexibility index (Phi) is 5.26. The number of hydrogen-bond acceptors (Lipinski definition) is 4. The average Bonchev–Trinajstić information content (AvgIpc) is 2.34. The summed E-state index contributed by atoms with van der Waals surface area (Å²) in [6.07, 6.45) is -0.673. The first-order chi connectivity index (χ1) is 9.60.